The van der Waals surface area contributed by atoms with Crippen molar-refractivity contribution in [2.45, 2.75) is 12.8 Å². The van der Waals surface area contributed by atoms with Gasteiger partial charge in [0.15, 0.2) is 0 Å². The van der Waals surface area contributed by atoms with Gasteiger partial charge in [-0.15, -0.1) is 0 Å². The van der Waals surface area contributed by atoms with Crippen LogP contribution in [0.15, 0.2) is 48.5 Å². The van der Waals surface area contributed by atoms with Gasteiger partial charge in [-0.2, -0.15) is 0 Å². The Morgan fingerprint density at radius 1 is 1.00 bits per heavy atom. The molecule has 2 heteroatoms. The molecule has 0 unspecified atom stereocenters. The molecule has 0 aromatic heterocycles. The number of hydrogen-bond acceptors (Lipinski definition) is 1. The van der Waals surface area contributed by atoms with Crippen LogP contribution >= 0.6 is 15.9 Å². The summed E-state index contributed by atoms with van der Waals surface area (Å²) in [6.45, 7) is 0. The SMILES string of the molecule is COc1ccc2c(c1)CCC(c1ccccc1)=C2Br. The average Bonchev–Trinajstić information content (AvgIpc) is 2.48. The normalized spacial score (nSPS) is 14.2. The fraction of sp³-hybridized carbons (Fsp3) is 0.176. The molecule has 3 rings (SSSR count). The Hall–Kier alpha value is -1.54. The molecule has 0 aliphatic heterocycles. The summed E-state index contributed by atoms with van der Waals surface area (Å²) >= 11 is 3.78. The maximum Gasteiger partial charge on any atom is 0.119 e. The molecule has 1 aliphatic carbocycles. The first kappa shape index (κ1) is 12.5. The van der Waals surface area contributed by atoms with Crippen molar-refractivity contribution in [2.75, 3.05) is 7.11 Å². The number of ether oxygens (including phenoxy) is 1. The van der Waals surface area contributed by atoms with Crippen molar-refractivity contribution in [1.82, 2.24) is 0 Å². The summed E-state index contributed by atoms with van der Waals surface area (Å²) < 4.78 is 6.51. The molecule has 0 saturated carbocycles. The average molecular weight is 315 g/mol. The predicted molar refractivity (Wildman–Crippen MR) is 83.5 cm³/mol. The van der Waals surface area contributed by atoms with Crippen molar-refractivity contribution in [2.24, 2.45) is 0 Å². The summed E-state index contributed by atoms with van der Waals surface area (Å²) in [6.07, 6.45) is 2.12. The van der Waals surface area contributed by atoms with Crippen LogP contribution < -0.4 is 4.74 Å². The third-order valence-electron chi connectivity index (χ3n) is 3.58. The first-order valence-electron chi connectivity index (χ1n) is 6.41. The van der Waals surface area contributed by atoms with Crippen LogP contribution in [-0.2, 0) is 6.42 Å². The topological polar surface area (TPSA) is 9.23 Å². The van der Waals surface area contributed by atoms with Gasteiger partial charge in [0.05, 0.1) is 7.11 Å². The fourth-order valence-corrected chi connectivity index (χ4v) is 3.37. The zero-order chi connectivity index (χ0) is 13.2. The molecule has 0 fully saturated rings. The number of fused-ring (bicyclic) bond motifs is 1. The molecular formula is C17H15BrO. The quantitative estimate of drug-likeness (QED) is 0.765. The van der Waals surface area contributed by atoms with Crippen molar-refractivity contribution in [3.63, 3.8) is 0 Å². The predicted octanol–water partition coefficient (Wildman–Crippen LogP) is 4.90. The number of allylic oxidation sites excluding steroid dienone is 1. The molecule has 0 heterocycles. The Morgan fingerprint density at radius 3 is 2.53 bits per heavy atom. The second-order valence-corrected chi connectivity index (χ2v) is 5.47. The number of aryl methyl sites for hydroxylation is 1. The number of rotatable bonds is 2. The van der Waals surface area contributed by atoms with Gasteiger partial charge in [0.25, 0.3) is 0 Å². The highest BCUT2D eigenvalue weighted by Gasteiger charge is 2.18. The first-order chi connectivity index (χ1) is 9.29. The van der Waals surface area contributed by atoms with Crippen LogP contribution in [0.4, 0.5) is 0 Å². The molecule has 0 saturated heterocycles. The zero-order valence-corrected chi connectivity index (χ0v) is 12.4. The van der Waals surface area contributed by atoms with Crippen molar-refractivity contribution < 1.29 is 4.74 Å². The van der Waals surface area contributed by atoms with Crippen LogP contribution in [0.5, 0.6) is 5.75 Å². The molecule has 2 aromatic carbocycles. The van der Waals surface area contributed by atoms with Crippen LogP contribution in [0.1, 0.15) is 23.1 Å². The van der Waals surface area contributed by atoms with E-state index in [9.17, 15) is 0 Å². The molecule has 0 radical (unpaired) electrons. The summed E-state index contributed by atoms with van der Waals surface area (Å²) in [4.78, 5) is 0. The van der Waals surface area contributed by atoms with Gasteiger partial charge >= 0.3 is 0 Å². The molecule has 1 aliphatic rings. The number of methoxy groups -OCH3 is 1. The van der Waals surface area contributed by atoms with Gasteiger partial charge in [-0.3, -0.25) is 0 Å². The van der Waals surface area contributed by atoms with Crippen LogP contribution in [0.3, 0.4) is 0 Å². The molecule has 0 amide bonds. The van der Waals surface area contributed by atoms with Gasteiger partial charge in [-0.25, -0.2) is 0 Å². The molecular weight excluding hydrogens is 300 g/mol. The Kier molecular flexibility index (Phi) is 3.43. The second-order valence-electron chi connectivity index (χ2n) is 4.68. The van der Waals surface area contributed by atoms with E-state index >= 15 is 0 Å². The molecule has 0 atom stereocenters. The van der Waals surface area contributed by atoms with E-state index in [1.165, 1.54) is 26.7 Å². The molecule has 0 N–H and O–H groups in total. The molecule has 0 spiro atoms. The van der Waals surface area contributed by atoms with Gasteiger partial charge in [0.2, 0.25) is 0 Å². The van der Waals surface area contributed by atoms with Crippen LogP contribution in [0.2, 0.25) is 0 Å². The van der Waals surface area contributed by atoms with Gasteiger partial charge in [-0.05, 0) is 69.2 Å². The summed E-state index contributed by atoms with van der Waals surface area (Å²) in [5.41, 5.74) is 5.32. The maximum absolute atomic E-state index is 5.30. The first-order valence-corrected chi connectivity index (χ1v) is 7.20. The van der Waals surface area contributed by atoms with Gasteiger partial charge in [0.1, 0.15) is 5.75 Å². The number of benzene rings is 2. The lowest BCUT2D eigenvalue weighted by Crippen LogP contribution is -2.02. The minimum atomic E-state index is 0.933. The maximum atomic E-state index is 5.30. The van der Waals surface area contributed by atoms with Gasteiger partial charge in [-0.1, -0.05) is 30.3 Å². The molecule has 1 nitrogen and oxygen atoms in total. The van der Waals surface area contributed by atoms with E-state index < -0.39 is 0 Å². The lowest BCUT2D eigenvalue weighted by atomic mass is 9.88. The largest absolute Gasteiger partial charge is 0.497 e. The van der Waals surface area contributed by atoms with Crippen molar-refractivity contribution in [3.8, 4) is 5.75 Å². The van der Waals surface area contributed by atoms with E-state index in [4.69, 9.17) is 4.74 Å². The van der Waals surface area contributed by atoms with Gasteiger partial charge in [0, 0.05) is 4.48 Å². The van der Waals surface area contributed by atoms with Crippen LogP contribution in [-0.4, -0.2) is 7.11 Å². The number of hydrogen-bond donors (Lipinski definition) is 0. The minimum absolute atomic E-state index is 0.933. The molecule has 2 aromatic rings. The fourth-order valence-electron chi connectivity index (χ4n) is 2.56. The van der Waals surface area contributed by atoms with E-state index in [-0.39, 0.29) is 0 Å². The third-order valence-corrected chi connectivity index (χ3v) is 4.49. The highest BCUT2D eigenvalue weighted by molar-refractivity contribution is 9.15. The lowest BCUT2D eigenvalue weighted by Gasteiger charge is -2.21. The van der Waals surface area contributed by atoms with E-state index in [1.54, 1.807) is 7.11 Å². The zero-order valence-electron chi connectivity index (χ0n) is 10.8. The van der Waals surface area contributed by atoms with Crippen LogP contribution in [0.25, 0.3) is 10.1 Å². The Balaban J connectivity index is 2.09. The second kappa shape index (κ2) is 5.22. The standard InChI is InChI=1S/C17H15BrO/c1-19-14-8-10-16-13(11-14)7-9-15(17(16)18)12-5-3-2-4-6-12/h2-6,8,10-11H,7,9H2,1H3. The smallest absolute Gasteiger partial charge is 0.119 e. The molecule has 19 heavy (non-hydrogen) atoms. The molecule has 0 bridgehead atoms. The summed E-state index contributed by atoms with van der Waals surface area (Å²) in [5, 5.41) is 0. The minimum Gasteiger partial charge on any atom is -0.497 e. The van der Waals surface area contributed by atoms with Crippen molar-refractivity contribution in [1.29, 1.82) is 0 Å². The van der Waals surface area contributed by atoms with Gasteiger partial charge < -0.3 is 4.74 Å². The van der Waals surface area contributed by atoms with E-state index in [0.717, 1.165) is 18.6 Å². The third kappa shape index (κ3) is 2.33. The van der Waals surface area contributed by atoms with E-state index in [1.807, 2.05) is 6.07 Å². The molecule has 96 valence electrons. The highest BCUT2D eigenvalue weighted by Crippen LogP contribution is 2.41. The Morgan fingerprint density at radius 2 is 1.79 bits per heavy atom. The summed E-state index contributed by atoms with van der Waals surface area (Å²) in [7, 11) is 1.71. The lowest BCUT2D eigenvalue weighted by molar-refractivity contribution is 0.414. The van der Waals surface area contributed by atoms with Crippen molar-refractivity contribution in [3.05, 3.63) is 65.2 Å². The Labute approximate surface area is 122 Å². The van der Waals surface area contributed by atoms with E-state index in [2.05, 4.69) is 58.4 Å². The summed E-state index contributed by atoms with van der Waals surface area (Å²) in [5.74, 6) is 0.933. The monoisotopic (exact) mass is 314 g/mol. The number of halogens is 1. The van der Waals surface area contributed by atoms with Crippen molar-refractivity contribution >= 4 is 26.0 Å². The summed E-state index contributed by atoms with van der Waals surface area (Å²) in [6, 6.07) is 16.9. The van der Waals surface area contributed by atoms with E-state index in [0.29, 0.717) is 0 Å². The van der Waals surface area contributed by atoms with Crippen LogP contribution in [0, 0.1) is 0 Å². The Bertz CT molecular complexity index is 629. The highest BCUT2D eigenvalue weighted by atomic mass is 79.9.